The number of β-lactam (4-membered cyclic amide) rings is 1. The summed E-state index contributed by atoms with van der Waals surface area (Å²) in [6.07, 6.45) is 1.15. The Morgan fingerprint density at radius 2 is 1.45 bits per heavy atom. The summed E-state index contributed by atoms with van der Waals surface area (Å²) in [4.78, 5) is 14.3. The van der Waals surface area contributed by atoms with Crippen LogP contribution in [0, 0.1) is 5.41 Å². The van der Waals surface area contributed by atoms with Crippen LogP contribution in [-0.4, -0.2) is 50.1 Å². The van der Waals surface area contributed by atoms with Gasteiger partial charge in [0.2, 0.25) is 5.91 Å². The van der Waals surface area contributed by atoms with E-state index in [-0.39, 0.29) is 11.3 Å². The van der Waals surface area contributed by atoms with Crippen LogP contribution in [-0.2, 0) is 16.6 Å². The molecule has 1 fully saturated rings. The van der Waals surface area contributed by atoms with E-state index in [9.17, 15) is 9.90 Å². The summed E-state index contributed by atoms with van der Waals surface area (Å²) in [5.74, 6) is 0.337. The summed E-state index contributed by atoms with van der Waals surface area (Å²) < 4.78 is 2.94. The molecule has 1 aliphatic rings. The summed E-state index contributed by atoms with van der Waals surface area (Å²) in [5.41, 5.74) is 2.33. The van der Waals surface area contributed by atoms with Crippen molar-refractivity contribution in [1.29, 1.82) is 0 Å². The number of tetrazole rings is 1. The van der Waals surface area contributed by atoms with Crippen molar-refractivity contribution >= 4 is 26.6 Å². The van der Waals surface area contributed by atoms with Gasteiger partial charge in [-0.3, -0.25) is 4.79 Å². The maximum Gasteiger partial charge on any atom is 0.227 e. The Kier molecular flexibility index (Phi) is 8.25. The van der Waals surface area contributed by atoms with Crippen molar-refractivity contribution < 1.29 is 9.90 Å². The minimum atomic E-state index is -1.62. The van der Waals surface area contributed by atoms with Crippen molar-refractivity contribution in [2.75, 3.05) is 0 Å². The first-order valence-electron chi connectivity index (χ1n) is 14.0. The first kappa shape index (κ1) is 28.3. The van der Waals surface area contributed by atoms with E-state index in [4.69, 9.17) is 0 Å². The standard InChI is InChI=1S/C31H37N5O2SSi/c1-5-6-22-30(26(37)27-32-33-34-35(27)2)28(38)36(40(3)4)29(30)39-31(23-16-10-7-11-17-23,24-18-12-8-13-19-24)25-20-14-9-15-21-25/h7-21,26,29,37,40H,5-6,22H2,1-4H3. The van der Waals surface area contributed by atoms with Gasteiger partial charge < -0.3 is 9.67 Å². The number of aryl methyl sites for hydroxylation is 1. The predicted molar refractivity (Wildman–Crippen MR) is 162 cm³/mol. The molecular formula is C31H37N5O2SSi. The Morgan fingerprint density at radius 1 is 0.950 bits per heavy atom. The highest BCUT2D eigenvalue weighted by Crippen LogP contribution is 2.62. The third kappa shape index (κ3) is 4.59. The number of benzene rings is 3. The largest absolute Gasteiger partial charge is 0.384 e. The molecule has 1 N–H and O–H groups in total. The molecule has 1 saturated heterocycles. The molecule has 40 heavy (non-hydrogen) atoms. The average molecular weight is 572 g/mol. The van der Waals surface area contributed by atoms with E-state index in [1.807, 2.05) is 18.2 Å². The minimum Gasteiger partial charge on any atom is -0.384 e. The fourth-order valence-corrected chi connectivity index (χ4v) is 10.3. The molecule has 0 aliphatic carbocycles. The van der Waals surface area contributed by atoms with E-state index in [1.54, 1.807) is 18.8 Å². The summed E-state index contributed by atoms with van der Waals surface area (Å²) in [5, 5.41) is 23.7. The SMILES string of the molecule is CCCCC1(C(O)c2nnnn2C)C(=O)N([SiH](C)C)C1SC(c1ccccc1)(c1ccccc1)c1ccccc1. The van der Waals surface area contributed by atoms with Gasteiger partial charge in [0.25, 0.3) is 0 Å². The summed E-state index contributed by atoms with van der Waals surface area (Å²) in [7, 11) is 0.0970. The van der Waals surface area contributed by atoms with Crippen LogP contribution in [0.4, 0.5) is 0 Å². The van der Waals surface area contributed by atoms with Crippen LogP contribution in [0.15, 0.2) is 91.0 Å². The van der Waals surface area contributed by atoms with E-state index in [2.05, 4.69) is 113 Å². The molecule has 2 heterocycles. The maximum atomic E-state index is 14.3. The number of hydrogen-bond donors (Lipinski definition) is 1. The number of aliphatic hydroxyl groups is 1. The van der Waals surface area contributed by atoms with Crippen molar-refractivity contribution in [1.82, 2.24) is 24.8 Å². The highest BCUT2D eigenvalue weighted by atomic mass is 32.2. The Morgan fingerprint density at radius 3 is 1.85 bits per heavy atom. The van der Waals surface area contributed by atoms with Crippen molar-refractivity contribution in [2.24, 2.45) is 12.5 Å². The second kappa shape index (κ2) is 11.7. The normalized spacial score (nSPS) is 20.0. The monoisotopic (exact) mass is 571 g/mol. The zero-order valence-electron chi connectivity index (χ0n) is 23.5. The van der Waals surface area contributed by atoms with E-state index in [0.717, 1.165) is 29.5 Å². The van der Waals surface area contributed by atoms with Gasteiger partial charge in [-0.25, -0.2) is 4.68 Å². The molecule has 0 spiro atoms. The van der Waals surface area contributed by atoms with Crippen LogP contribution in [0.5, 0.6) is 0 Å². The number of rotatable bonds is 11. The number of aliphatic hydroxyl groups excluding tert-OH is 1. The lowest BCUT2D eigenvalue weighted by Crippen LogP contribution is -2.73. The van der Waals surface area contributed by atoms with Gasteiger partial charge in [0, 0.05) is 7.05 Å². The van der Waals surface area contributed by atoms with Gasteiger partial charge in [-0.2, -0.15) is 0 Å². The summed E-state index contributed by atoms with van der Waals surface area (Å²) in [6.45, 7) is 6.48. The van der Waals surface area contributed by atoms with Gasteiger partial charge in [-0.1, -0.05) is 124 Å². The molecule has 1 aliphatic heterocycles. The zero-order chi connectivity index (χ0) is 28.3. The Balaban J connectivity index is 1.76. The topological polar surface area (TPSA) is 84.1 Å². The molecule has 0 saturated carbocycles. The number of hydrogen-bond acceptors (Lipinski definition) is 6. The van der Waals surface area contributed by atoms with E-state index >= 15 is 0 Å². The van der Waals surface area contributed by atoms with Crippen molar-refractivity contribution in [3.8, 4) is 0 Å². The molecule has 7 nitrogen and oxygen atoms in total. The summed E-state index contributed by atoms with van der Waals surface area (Å²) >= 11 is 1.77. The van der Waals surface area contributed by atoms with Crippen molar-refractivity contribution in [3.05, 3.63) is 114 Å². The molecule has 9 heteroatoms. The molecule has 3 unspecified atom stereocenters. The number of nitrogens with zero attached hydrogens (tertiary/aromatic N) is 5. The molecule has 208 valence electrons. The Labute approximate surface area is 242 Å². The number of unbranched alkanes of at least 4 members (excludes halogenated alkanes) is 1. The highest BCUT2D eigenvalue weighted by molar-refractivity contribution is 8.01. The third-order valence-electron chi connectivity index (χ3n) is 8.04. The summed E-state index contributed by atoms with van der Waals surface area (Å²) in [6, 6.07) is 31.5. The number of amides is 1. The molecular weight excluding hydrogens is 535 g/mol. The fraction of sp³-hybridized carbons (Fsp3) is 0.355. The number of carbonyl (C=O) groups is 1. The molecule has 5 rings (SSSR count). The van der Waals surface area contributed by atoms with Crippen molar-refractivity contribution in [2.45, 2.75) is 55.5 Å². The lowest BCUT2D eigenvalue weighted by atomic mass is 9.70. The number of thioether (sulfide) groups is 1. The quantitative estimate of drug-likeness (QED) is 0.150. The highest BCUT2D eigenvalue weighted by Gasteiger charge is 2.67. The number of aromatic nitrogens is 4. The molecule has 4 aromatic rings. The molecule has 3 atom stereocenters. The van der Waals surface area contributed by atoms with Gasteiger partial charge >= 0.3 is 0 Å². The van der Waals surface area contributed by atoms with Gasteiger partial charge in [-0.15, -0.1) is 16.9 Å². The zero-order valence-corrected chi connectivity index (χ0v) is 25.5. The first-order chi connectivity index (χ1) is 19.4. The molecule has 0 bridgehead atoms. The fourth-order valence-electron chi connectivity index (χ4n) is 5.98. The van der Waals surface area contributed by atoms with Crippen molar-refractivity contribution in [3.63, 3.8) is 0 Å². The lowest BCUT2D eigenvalue weighted by Gasteiger charge is -2.61. The molecule has 1 amide bonds. The Hall–Kier alpha value is -3.27. The molecule has 3 aromatic carbocycles. The molecule has 1 aromatic heterocycles. The second-order valence-electron chi connectivity index (χ2n) is 10.8. The predicted octanol–water partition coefficient (Wildman–Crippen LogP) is 5.30. The van der Waals surface area contributed by atoms with E-state index in [0.29, 0.717) is 12.2 Å². The van der Waals surface area contributed by atoms with Gasteiger partial charge in [0.15, 0.2) is 5.82 Å². The van der Waals surface area contributed by atoms with Crippen LogP contribution in [0.3, 0.4) is 0 Å². The van der Waals surface area contributed by atoms with Crippen LogP contribution in [0.2, 0.25) is 13.1 Å². The van der Waals surface area contributed by atoms with Crippen LogP contribution >= 0.6 is 11.8 Å². The second-order valence-corrected chi connectivity index (χ2v) is 14.8. The maximum absolute atomic E-state index is 14.3. The third-order valence-corrected chi connectivity index (χ3v) is 11.8. The van der Waals surface area contributed by atoms with Crippen LogP contribution < -0.4 is 0 Å². The minimum absolute atomic E-state index is 0.0127. The van der Waals surface area contributed by atoms with Crippen LogP contribution in [0.1, 0.15) is 54.8 Å². The molecule has 0 radical (unpaired) electrons. The van der Waals surface area contributed by atoms with Crippen LogP contribution in [0.25, 0.3) is 0 Å². The Bertz CT molecular complexity index is 1320. The van der Waals surface area contributed by atoms with Gasteiger partial charge in [0.1, 0.15) is 20.5 Å². The van der Waals surface area contributed by atoms with Gasteiger partial charge in [0.05, 0.1) is 10.1 Å². The number of carbonyl (C=O) groups excluding carboxylic acids is 1. The smallest absolute Gasteiger partial charge is 0.227 e. The van der Waals surface area contributed by atoms with E-state index < -0.39 is 25.2 Å². The van der Waals surface area contributed by atoms with Gasteiger partial charge in [-0.05, 0) is 33.5 Å². The average Bonchev–Trinajstić information content (AvgIpc) is 3.42. The lowest BCUT2D eigenvalue weighted by molar-refractivity contribution is -0.170. The first-order valence-corrected chi connectivity index (χ1v) is 17.7. The van der Waals surface area contributed by atoms with E-state index in [1.165, 1.54) is 4.68 Å².